The van der Waals surface area contributed by atoms with Crippen LogP contribution in [-0.2, 0) is 13.6 Å². The van der Waals surface area contributed by atoms with Crippen molar-refractivity contribution in [1.29, 1.82) is 0 Å². The summed E-state index contributed by atoms with van der Waals surface area (Å²) in [6, 6.07) is 9.70. The lowest BCUT2D eigenvalue weighted by Crippen LogP contribution is -2.43. The first-order chi connectivity index (χ1) is 14.4. The normalized spacial score (nSPS) is 17.7. The van der Waals surface area contributed by atoms with Crippen molar-refractivity contribution in [3.8, 4) is 0 Å². The van der Waals surface area contributed by atoms with Gasteiger partial charge in [-0.2, -0.15) is 5.10 Å². The van der Waals surface area contributed by atoms with Gasteiger partial charge in [-0.15, -0.1) is 0 Å². The third-order valence-corrected chi connectivity index (χ3v) is 5.93. The number of benzene rings is 1. The number of likely N-dealkylation sites (tertiary alicyclic amines) is 1. The average molecular weight is 406 g/mol. The SMILES string of the molecule is Cn1nc(C(=O)N2CCC(C)(F)CC2)c2ccc(NC3=NCc4cccnc43)cc21. The highest BCUT2D eigenvalue weighted by atomic mass is 19.1. The maximum atomic E-state index is 14.1. The lowest BCUT2D eigenvalue weighted by molar-refractivity contribution is 0.0500. The number of nitrogens with zero attached hydrogens (tertiary/aromatic N) is 5. The summed E-state index contributed by atoms with van der Waals surface area (Å²) in [7, 11) is 1.82. The van der Waals surface area contributed by atoms with Gasteiger partial charge >= 0.3 is 0 Å². The first-order valence-corrected chi connectivity index (χ1v) is 10.1. The van der Waals surface area contributed by atoms with E-state index in [1.54, 1.807) is 22.7 Å². The van der Waals surface area contributed by atoms with Crippen LogP contribution in [0.2, 0.25) is 0 Å². The number of rotatable bonds is 2. The third kappa shape index (κ3) is 3.22. The minimum absolute atomic E-state index is 0.143. The largest absolute Gasteiger partial charge is 0.339 e. The molecule has 0 saturated carbocycles. The maximum Gasteiger partial charge on any atom is 0.275 e. The second-order valence-corrected chi connectivity index (χ2v) is 8.21. The van der Waals surface area contributed by atoms with Gasteiger partial charge in [-0.05, 0) is 44.0 Å². The van der Waals surface area contributed by atoms with E-state index in [-0.39, 0.29) is 5.91 Å². The number of hydrogen-bond acceptors (Lipinski definition) is 5. The molecule has 3 aromatic rings. The Balaban J connectivity index is 1.40. The summed E-state index contributed by atoms with van der Waals surface area (Å²) < 4.78 is 15.8. The van der Waals surface area contributed by atoms with Crippen LogP contribution in [0.3, 0.4) is 0 Å². The Morgan fingerprint density at radius 2 is 2.03 bits per heavy atom. The van der Waals surface area contributed by atoms with Crippen molar-refractivity contribution in [2.45, 2.75) is 32.0 Å². The van der Waals surface area contributed by atoms with E-state index in [1.165, 1.54) is 0 Å². The van der Waals surface area contributed by atoms with Crippen LogP contribution in [0, 0.1) is 0 Å². The number of aryl methyl sites for hydroxylation is 1. The first kappa shape index (κ1) is 18.7. The molecule has 0 radical (unpaired) electrons. The van der Waals surface area contributed by atoms with Gasteiger partial charge in [-0.3, -0.25) is 19.5 Å². The van der Waals surface area contributed by atoms with Crippen LogP contribution in [0.25, 0.3) is 10.9 Å². The van der Waals surface area contributed by atoms with Gasteiger partial charge in [-0.1, -0.05) is 6.07 Å². The second-order valence-electron chi connectivity index (χ2n) is 8.21. The fraction of sp³-hybridized carbons (Fsp3) is 0.364. The molecule has 30 heavy (non-hydrogen) atoms. The van der Waals surface area contributed by atoms with Crippen molar-refractivity contribution >= 4 is 28.3 Å². The molecule has 2 aromatic heterocycles. The highest BCUT2D eigenvalue weighted by Crippen LogP contribution is 2.29. The standard InChI is InChI=1S/C22H23FN6O/c1-22(23)7-10-29(11-8-22)21(30)19-16-6-5-15(12-17(16)28(2)27-19)26-20-18-14(13-25-20)4-3-9-24-18/h3-6,9,12H,7-8,10-11,13H2,1-2H3,(H,25,26). The molecule has 1 saturated heterocycles. The van der Waals surface area contributed by atoms with Crippen molar-refractivity contribution in [2.75, 3.05) is 18.4 Å². The van der Waals surface area contributed by atoms with Gasteiger partial charge in [0.2, 0.25) is 0 Å². The van der Waals surface area contributed by atoms with Crippen molar-refractivity contribution in [3.05, 3.63) is 53.5 Å². The van der Waals surface area contributed by atoms with Gasteiger partial charge in [-0.25, -0.2) is 4.39 Å². The number of pyridine rings is 1. The van der Waals surface area contributed by atoms with Gasteiger partial charge in [0.05, 0.1) is 12.1 Å². The first-order valence-electron chi connectivity index (χ1n) is 10.1. The molecule has 2 aliphatic rings. The van der Waals surface area contributed by atoms with E-state index in [1.807, 2.05) is 37.4 Å². The Labute approximate surface area is 173 Å². The third-order valence-electron chi connectivity index (χ3n) is 5.93. The highest BCUT2D eigenvalue weighted by Gasteiger charge is 2.33. The Morgan fingerprint density at radius 1 is 1.23 bits per heavy atom. The Bertz CT molecular complexity index is 1170. The molecule has 7 nitrogen and oxygen atoms in total. The van der Waals surface area contributed by atoms with E-state index in [0.717, 1.165) is 33.7 Å². The van der Waals surface area contributed by atoms with Gasteiger partial charge in [0.1, 0.15) is 11.4 Å². The van der Waals surface area contributed by atoms with Crippen molar-refractivity contribution < 1.29 is 9.18 Å². The zero-order chi connectivity index (χ0) is 20.9. The number of aromatic nitrogens is 3. The number of alkyl halides is 1. The predicted molar refractivity (Wildman–Crippen MR) is 113 cm³/mol. The fourth-order valence-electron chi connectivity index (χ4n) is 4.07. The minimum Gasteiger partial charge on any atom is -0.339 e. The molecular formula is C22H23FN6O. The number of amidine groups is 1. The Kier molecular flexibility index (Phi) is 4.30. The van der Waals surface area contributed by atoms with Crippen LogP contribution in [-0.4, -0.2) is 50.2 Å². The summed E-state index contributed by atoms with van der Waals surface area (Å²) in [4.78, 5) is 23.7. The lowest BCUT2D eigenvalue weighted by atomic mass is 9.95. The molecule has 0 spiro atoms. The summed E-state index contributed by atoms with van der Waals surface area (Å²) in [6.45, 7) is 3.04. The zero-order valence-corrected chi connectivity index (χ0v) is 17.0. The van der Waals surface area contributed by atoms with E-state index in [0.29, 0.717) is 38.2 Å². The van der Waals surface area contributed by atoms with Gasteiger partial charge in [0.25, 0.3) is 5.91 Å². The number of halogens is 1. The number of hydrogen-bond donors (Lipinski definition) is 1. The monoisotopic (exact) mass is 406 g/mol. The van der Waals surface area contributed by atoms with Gasteiger partial charge in [0, 0.05) is 43.0 Å². The molecule has 0 bridgehead atoms. The molecule has 0 unspecified atom stereocenters. The van der Waals surface area contributed by atoms with Crippen molar-refractivity contribution in [2.24, 2.45) is 12.0 Å². The van der Waals surface area contributed by atoms with Crippen molar-refractivity contribution in [1.82, 2.24) is 19.7 Å². The Hall–Kier alpha value is -3.29. The molecule has 0 aliphatic carbocycles. The van der Waals surface area contributed by atoms with Gasteiger partial charge < -0.3 is 10.2 Å². The number of anilines is 1. The molecule has 0 atom stereocenters. The Morgan fingerprint density at radius 3 is 2.83 bits per heavy atom. The van der Waals surface area contributed by atoms with E-state index in [2.05, 4.69) is 20.4 Å². The van der Waals surface area contributed by atoms with Crippen LogP contribution >= 0.6 is 0 Å². The smallest absolute Gasteiger partial charge is 0.275 e. The molecular weight excluding hydrogens is 383 g/mol. The van der Waals surface area contributed by atoms with Crippen LogP contribution < -0.4 is 5.32 Å². The lowest BCUT2D eigenvalue weighted by Gasteiger charge is -2.33. The number of fused-ring (bicyclic) bond motifs is 2. The van der Waals surface area contributed by atoms with Crippen LogP contribution in [0.4, 0.5) is 10.1 Å². The number of nitrogens with one attached hydrogen (secondary N) is 1. The summed E-state index contributed by atoms with van der Waals surface area (Å²) in [6.07, 6.45) is 2.47. The summed E-state index contributed by atoms with van der Waals surface area (Å²) in [5.74, 6) is 0.598. The molecule has 1 amide bonds. The van der Waals surface area contributed by atoms with Crippen LogP contribution in [0.15, 0.2) is 41.5 Å². The zero-order valence-electron chi connectivity index (χ0n) is 17.0. The number of carbonyl (C=O) groups is 1. The number of piperidine rings is 1. The maximum absolute atomic E-state index is 14.1. The molecule has 2 aliphatic heterocycles. The molecule has 8 heteroatoms. The summed E-state index contributed by atoms with van der Waals surface area (Å²) >= 11 is 0. The molecule has 5 rings (SSSR count). The summed E-state index contributed by atoms with van der Waals surface area (Å²) in [5.41, 5.74) is 2.87. The predicted octanol–water partition coefficient (Wildman–Crippen LogP) is 3.30. The number of aliphatic imine (C=N–C) groups is 1. The molecule has 1 N–H and O–H groups in total. The second kappa shape index (κ2) is 6.90. The molecule has 4 heterocycles. The van der Waals surface area contributed by atoms with Crippen LogP contribution in [0.5, 0.6) is 0 Å². The topological polar surface area (TPSA) is 75.4 Å². The van der Waals surface area contributed by atoms with Crippen molar-refractivity contribution in [3.63, 3.8) is 0 Å². The van der Waals surface area contributed by atoms with Gasteiger partial charge in [0.15, 0.2) is 11.5 Å². The van der Waals surface area contributed by atoms with E-state index >= 15 is 0 Å². The number of carbonyl (C=O) groups excluding carboxylic acids is 1. The van der Waals surface area contributed by atoms with E-state index in [4.69, 9.17) is 0 Å². The quantitative estimate of drug-likeness (QED) is 0.709. The molecule has 154 valence electrons. The fourth-order valence-corrected chi connectivity index (χ4v) is 4.07. The van der Waals surface area contributed by atoms with Crippen LogP contribution in [0.1, 0.15) is 41.5 Å². The average Bonchev–Trinajstić information content (AvgIpc) is 3.29. The highest BCUT2D eigenvalue weighted by molar-refractivity contribution is 6.11. The minimum atomic E-state index is -1.19. The number of amides is 1. The molecule has 1 aromatic carbocycles. The van der Waals surface area contributed by atoms with E-state index in [9.17, 15) is 9.18 Å². The summed E-state index contributed by atoms with van der Waals surface area (Å²) in [5, 5.41) is 8.59. The molecule has 1 fully saturated rings. The van der Waals surface area contributed by atoms with E-state index < -0.39 is 5.67 Å².